The summed E-state index contributed by atoms with van der Waals surface area (Å²) in [5.74, 6) is 2.54. The van der Waals surface area contributed by atoms with Crippen molar-refractivity contribution < 1.29 is 48.2 Å². The van der Waals surface area contributed by atoms with Crippen LogP contribution < -0.4 is 9.47 Å². The zero-order valence-corrected chi connectivity index (χ0v) is 24.2. The zero-order valence-electron chi connectivity index (χ0n) is 24.2. The fourth-order valence-electron chi connectivity index (χ4n) is 7.01. The van der Waals surface area contributed by atoms with E-state index in [1.807, 2.05) is 18.2 Å². The van der Waals surface area contributed by atoms with Crippen LogP contribution in [0.2, 0.25) is 0 Å². The summed E-state index contributed by atoms with van der Waals surface area (Å²) in [7, 11) is 0. The highest BCUT2D eigenvalue weighted by Crippen LogP contribution is 2.62. The van der Waals surface area contributed by atoms with Gasteiger partial charge >= 0.3 is 11.9 Å². The van der Waals surface area contributed by atoms with Gasteiger partial charge in [0.25, 0.3) is 0 Å². The Kier molecular flexibility index (Phi) is 11.8. The van der Waals surface area contributed by atoms with E-state index in [2.05, 4.69) is 13.2 Å². The van der Waals surface area contributed by atoms with Crippen LogP contribution in [-0.4, -0.2) is 87.2 Å². The van der Waals surface area contributed by atoms with E-state index in [1.54, 1.807) is 0 Å². The topological polar surface area (TPSA) is 130 Å². The standard InChI is InChI=1S/C32H44O10/c1-3-30(35)39-9-7-37-18-25(33)20-41-27-5-6-29(42-21-26(34)19-38-8-10-40-31(36)4-2)28(14-27)32-15-22-11-23(16-32)13-24(12-22)17-32/h3-6,14,22-26,33-34H,1-2,7-13,15-21H2. The molecule has 232 valence electrons. The first-order valence-electron chi connectivity index (χ1n) is 14.8. The minimum atomic E-state index is -0.852. The lowest BCUT2D eigenvalue weighted by Gasteiger charge is -2.57. The molecule has 5 rings (SSSR count). The SMILES string of the molecule is C=CC(=O)OCCOCC(O)COc1ccc(OCC(O)COCCOC(=O)C=C)c(C23CC4CC(CC(C4)C2)C3)c1. The van der Waals surface area contributed by atoms with E-state index in [0.29, 0.717) is 5.75 Å². The molecule has 0 saturated heterocycles. The van der Waals surface area contributed by atoms with E-state index in [-0.39, 0.29) is 58.3 Å². The maximum Gasteiger partial charge on any atom is 0.330 e. The molecule has 0 heterocycles. The van der Waals surface area contributed by atoms with Crippen molar-refractivity contribution >= 4 is 11.9 Å². The first-order chi connectivity index (χ1) is 20.3. The minimum absolute atomic E-state index is 0.0184. The van der Waals surface area contributed by atoms with E-state index in [0.717, 1.165) is 60.5 Å². The molecule has 1 aromatic carbocycles. The molecular formula is C32H44O10. The number of carbonyl (C=O) groups excluding carboxylic acids is 2. The summed E-state index contributed by atoms with van der Waals surface area (Å²) >= 11 is 0. The Labute approximate surface area is 247 Å². The molecular weight excluding hydrogens is 544 g/mol. The highest BCUT2D eigenvalue weighted by molar-refractivity contribution is 5.81. The Balaban J connectivity index is 1.33. The Morgan fingerprint density at radius 1 is 0.786 bits per heavy atom. The Morgan fingerprint density at radius 2 is 1.29 bits per heavy atom. The predicted octanol–water partition coefficient (Wildman–Crippen LogP) is 3.13. The van der Waals surface area contributed by atoms with Gasteiger partial charge < -0.3 is 38.6 Å². The number of aliphatic hydroxyl groups excluding tert-OH is 2. The minimum Gasteiger partial charge on any atom is -0.491 e. The number of carbonyl (C=O) groups is 2. The Morgan fingerprint density at radius 3 is 1.79 bits per heavy atom. The molecule has 2 N–H and O–H groups in total. The van der Waals surface area contributed by atoms with Crippen LogP contribution in [0.3, 0.4) is 0 Å². The second-order valence-corrected chi connectivity index (χ2v) is 11.7. The van der Waals surface area contributed by atoms with Crippen molar-refractivity contribution in [3.05, 3.63) is 49.1 Å². The summed E-state index contributed by atoms with van der Waals surface area (Å²) in [6.07, 6.45) is 7.77. The van der Waals surface area contributed by atoms with Crippen molar-refractivity contribution in [3.8, 4) is 11.5 Å². The van der Waals surface area contributed by atoms with E-state index in [1.165, 1.54) is 19.3 Å². The lowest BCUT2D eigenvalue weighted by molar-refractivity contribution is -0.140. The molecule has 0 aromatic heterocycles. The van der Waals surface area contributed by atoms with E-state index < -0.39 is 24.1 Å². The lowest BCUT2D eigenvalue weighted by Crippen LogP contribution is -2.48. The molecule has 0 aliphatic heterocycles. The largest absolute Gasteiger partial charge is 0.491 e. The van der Waals surface area contributed by atoms with Crippen molar-refractivity contribution in [1.82, 2.24) is 0 Å². The molecule has 4 bridgehead atoms. The highest BCUT2D eigenvalue weighted by atomic mass is 16.6. The average Bonchev–Trinajstić information content (AvgIpc) is 2.97. The Hall–Kier alpha value is -2.92. The van der Waals surface area contributed by atoms with Gasteiger partial charge in [-0.15, -0.1) is 0 Å². The fraction of sp³-hybridized carbons (Fsp3) is 0.625. The molecule has 0 amide bonds. The molecule has 42 heavy (non-hydrogen) atoms. The second-order valence-electron chi connectivity index (χ2n) is 11.7. The molecule has 4 aliphatic carbocycles. The van der Waals surface area contributed by atoms with Crippen molar-refractivity contribution in [1.29, 1.82) is 0 Å². The lowest BCUT2D eigenvalue weighted by atomic mass is 9.48. The summed E-state index contributed by atoms with van der Waals surface area (Å²) in [4.78, 5) is 22.2. The van der Waals surface area contributed by atoms with Crippen molar-refractivity contribution in [2.24, 2.45) is 17.8 Å². The third-order valence-corrected chi connectivity index (χ3v) is 8.33. The predicted molar refractivity (Wildman–Crippen MR) is 153 cm³/mol. The van der Waals surface area contributed by atoms with Crippen LogP contribution in [0.4, 0.5) is 0 Å². The average molecular weight is 589 g/mol. The second kappa shape index (κ2) is 15.5. The number of hydrogen-bond donors (Lipinski definition) is 2. The van der Waals surface area contributed by atoms with E-state index in [9.17, 15) is 19.8 Å². The van der Waals surface area contributed by atoms with E-state index in [4.69, 9.17) is 28.4 Å². The molecule has 10 heteroatoms. The smallest absolute Gasteiger partial charge is 0.330 e. The van der Waals surface area contributed by atoms with Gasteiger partial charge in [-0.05, 0) is 79.9 Å². The van der Waals surface area contributed by atoms with Gasteiger partial charge in [-0.25, -0.2) is 9.59 Å². The van der Waals surface area contributed by atoms with Gasteiger partial charge in [0.05, 0.1) is 26.4 Å². The molecule has 4 saturated carbocycles. The zero-order chi connectivity index (χ0) is 30.0. The van der Waals surface area contributed by atoms with Crippen molar-refractivity contribution in [3.63, 3.8) is 0 Å². The maximum atomic E-state index is 11.1. The van der Waals surface area contributed by atoms with Gasteiger partial charge in [-0.1, -0.05) is 13.2 Å². The third kappa shape index (κ3) is 9.04. The van der Waals surface area contributed by atoms with Crippen LogP contribution >= 0.6 is 0 Å². The number of hydrogen-bond acceptors (Lipinski definition) is 10. The van der Waals surface area contributed by atoms with Crippen LogP contribution in [-0.2, 0) is 34.0 Å². The van der Waals surface area contributed by atoms with Crippen LogP contribution in [0, 0.1) is 17.8 Å². The van der Waals surface area contributed by atoms with Gasteiger partial charge in [0.15, 0.2) is 0 Å². The summed E-state index contributed by atoms with van der Waals surface area (Å²) in [6.45, 7) is 7.38. The third-order valence-electron chi connectivity index (χ3n) is 8.33. The quantitative estimate of drug-likeness (QED) is 0.141. The number of aliphatic hydroxyl groups is 2. The summed E-state index contributed by atoms with van der Waals surface area (Å²) in [6, 6.07) is 5.75. The number of benzene rings is 1. The summed E-state index contributed by atoms with van der Waals surface area (Å²) < 4.78 is 32.7. The van der Waals surface area contributed by atoms with Crippen molar-refractivity contribution in [2.45, 2.75) is 56.1 Å². The first-order valence-corrected chi connectivity index (χ1v) is 14.8. The molecule has 4 fully saturated rings. The van der Waals surface area contributed by atoms with Gasteiger partial charge in [-0.3, -0.25) is 0 Å². The van der Waals surface area contributed by atoms with Gasteiger partial charge in [0.1, 0.15) is 50.1 Å². The van der Waals surface area contributed by atoms with Crippen LogP contribution in [0.5, 0.6) is 11.5 Å². The van der Waals surface area contributed by atoms with Crippen LogP contribution in [0.1, 0.15) is 44.1 Å². The maximum absolute atomic E-state index is 11.1. The number of esters is 2. The highest BCUT2D eigenvalue weighted by Gasteiger charge is 2.52. The van der Waals surface area contributed by atoms with Crippen LogP contribution in [0.25, 0.3) is 0 Å². The van der Waals surface area contributed by atoms with Gasteiger partial charge in [-0.2, -0.15) is 0 Å². The molecule has 2 atom stereocenters. The molecule has 1 aromatic rings. The fourth-order valence-corrected chi connectivity index (χ4v) is 7.01. The van der Waals surface area contributed by atoms with Gasteiger partial charge in [0, 0.05) is 17.7 Å². The molecule has 10 nitrogen and oxygen atoms in total. The van der Waals surface area contributed by atoms with Crippen LogP contribution in [0.15, 0.2) is 43.5 Å². The normalized spacial score (nSPS) is 25.3. The molecule has 0 spiro atoms. The summed E-state index contributed by atoms with van der Waals surface area (Å²) in [5.41, 5.74) is 1.13. The molecule has 2 unspecified atom stereocenters. The molecule has 4 aliphatic rings. The molecule has 0 radical (unpaired) electrons. The first kappa shape index (κ1) is 32.0. The number of ether oxygens (including phenoxy) is 6. The summed E-state index contributed by atoms with van der Waals surface area (Å²) in [5, 5.41) is 20.8. The van der Waals surface area contributed by atoms with Gasteiger partial charge in [0.2, 0.25) is 0 Å². The monoisotopic (exact) mass is 588 g/mol. The Bertz CT molecular complexity index is 1030. The number of rotatable bonds is 19. The van der Waals surface area contributed by atoms with Crippen molar-refractivity contribution in [2.75, 3.05) is 52.9 Å². The van der Waals surface area contributed by atoms with E-state index >= 15 is 0 Å².